The molecule has 2 aromatic heterocycles. The van der Waals surface area contributed by atoms with Gasteiger partial charge in [0.25, 0.3) is 0 Å². The normalized spacial score (nSPS) is 18.4. The molecule has 0 fully saturated rings. The van der Waals surface area contributed by atoms with Gasteiger partial charge in [-0.3, -0.25) is 0 Å². The van der Waals surface area contributed by atoms with Gasteiger partial charge in [-0.05, 0) is 144 Å². The summed E-state index contributed by atoms with van der Waals surface area (Å²) in [4.78, 5) is 8.20. The molecular weight excluding hydrogens is 1180 g/mol. The van der Waals surface area contributed by atoms with Crippen LogP contribution in [0.25, 0.3) is 61.0 Å². The van der Waals surface area contributed by atoms with Gasteiger partial charge in [0.2, 0.25) is 0 Å². The van der Waals surface area contributed by atoms with Crippen LogP contribution in [0.2, 0.25) is 0 Å². The summed E-state index contributed by atoms with van der Waals surface area (Å²) >= 11 is 0. The fraction of sp³-hybridized carbons (Fsp3) is 0.289. The Morgan fingerprint density at radius 2 is 1.28 bits per heavy atom. The van der Waals surface area contributed by atoms with Crippen molar-refractivity contribution in [2.45, 2.75) is 138 Å². The third-order valence-electron chi connectivity index (χ3n) is 15.3. The van der Waals surface area contributed by atoms with E-state index in [2.05, 4.69) is 17.1 Å². The minimum Gasteiger partial charge on any atom is -0.509 e. The van der Waals surface area contributed by atoms with Gasteiger partial charge in [-0.25, -0.2) is 4.98 Å². The topological polar surface area (TPSA) is 33.5 Å². The van der Waals surface area contributed by atoms with E-state index >= 15 is 0 Å². The van der Waals surface area contributed by atoms with Gasteiger partial charge >= 0.3 is 0 Å². The van der Waals surface area contributed by atoms with E-state index in [9.17, 15) is 17.8 Å². The number of ether oxygens (including phenoxy) is 1. The first-order chi connectivity index (χ1) is 45.9. The van der Waals surface area contributed by atoms with Gasteiger partial charge in [-0.1, -0.05) is 198 Å². The van der Waals surface area contributed by atoms with E-state index in [4.69, 9.17) is 11.6 Å². The van der Waals surface area contributed by atoms with Crippen LogP contribution in [0.15, 0.2) is 170 Å². The van der Waals surface area contributed by atoms with Crippen LogP contribution < -0.4 is 14.5 Å². The molecule has 0 radical (unpaired) electrons. The van der Waals surface area contributed by atoms with Crippen LogP contribution in [0, 0.1) is 31.1 Å². The summed E-state index contributed by atoms with van der Waals surface area (Å²) in [6.07, 6.45) is 0.982. The second kappa shape index (κ2) is 20.9. The summed E-state index contributed by atoms with van der Waals surface area (Å²) in [5, 5.41) is 0.604. The molecule has 0 unspecified atom stereocenters. The van der Waals surface area contributed by atoms with Crippen LogP contribution in [0.3, 0.4) is 0 Å². The Kier molecular flexibility index (Phi) is 9.82. The minimum absolute atomic E-state index is 0. The third-order valence-corrected chi connectivity index (χ3v) is 15.3. The van der Waals surface area contributed by atoms with Crippen molar-refractivity contribution in [3.05, 3.63) is 222 Å². The van der Waals surface area contributed by atoms with Crippen molar-refractivity contribution in [1.82, 2.24) is 9.55 Å². The van der Waals surface area contributed by atoms with E-state index < -0.39 is 81.6 Å². The fourth-order valence-electron chi connectivity index (χ4n) is 10.9. The molecule has 0 N–H and O–H groups in total. The maximum Gasteiger partial charge on any atom is 0.135 e. The van der Waals surface area contributed by atoms with E-state index in [1.807, 2.05) is 45.9 Å². The molecule has 12 rings (SSSR count). The average molecular weight is 1280 g/mol. The monoisotopic (exact) mass is 1270 g/mol. The van der Waals surface area contributed by atoms with Gasteiger partial charge in [-0.2, -0.15) is 12.1 Å². The van der Waals surface area contributed by atoms with Crippen LogP contribution in [0.5, 0.6) is 11.5 Å². The molecule has 0 atom stereocenters. The maximum absolute atomic E-state index is 10.3. The van der Waals surface area contributed by atoms with Crippen LogP contribution >= 0.6 is 0 Å². The van der Waals surface area contributed by atoms with Gasteiger partial charge in [-0.15, -0.1) is 48.1 Å². The number of rotatable bonds is 9. The summed E-state index contributed by atoms with van der Waals surface area (Å²) in [5.41, 5.74) is -1.28. The molecule has 1 aliphatic carbocycles. The number of pyridine rings is 1. The molecule has 0 saturated heterocycles. The summed E-state index contributed by atoms with van der Waals surface area (Å²) in [7, 11) is 0. The number of aromatic nitrogens is 2. The number of para-hydroxylation sites is 4. The Morgan fingerprint density at radius 1 is 0.634 bits per heavy atom. The van der Waals surface area contributed by atoms with Crippen molar-refractivity contribution in [2.75, 3.05) is 9.80 Å². The van der Waals surface area contributed by atoms with Gasteiger partial charge < -0.3 is 19.1 Å². The molecule has 0 bridgehead atoms. The molecule has 3 heterocycles. The van der Waals surface area contributed by atoms with E-state index in [1.54, 1.807) is 150 Å². The smallest absolute Gasteiger partial charge is 0.135 e. The van der Waals surface area contributed by atoms with Crippen LogP contribution in [0.4, 0.5) is 22.7 Å². The summed E-state index contributed by atoms with van der Waals surface area (Å²) in [6.45, 7) is 22.8. The van der Waals surface area contributed by atoms with Crippen molar-refractivity contribution in [3.63, 3.8) is 0 Å². The zero-order chi connectivity index (χ0) is 72.6. The first-order valence-corrected chi connectivity index (χ1v) is 27.6. The molecular formula is C76H77N4OPt-3. The van der Waals surface area contributed by atoms with Crippen molar-refractivity contribution >= 4 is 44.6 Å². The van der Waals surface area contributed by atoms with Crippen molar-refractivity contribution in [2.24, 2.45) is 5.41 Å². The predicted molar refractivity (Wildman–Crippen MR) is 341 cm³/mol. The van der Waals surface area contributed by atoms with Crippen molar-refractivity contribution in [3.8, 4) is 50.7 Å². The number of nitrogens with zero attached hydrogens (tertiary/aromatic N) is 4. The fourth-order valence-corrected chi connectivity index (χ4v) is 10.9. The number of fused-ring (bicyclic) bond motifs is 5. The Balaban J connectivity index is 0.0000101. The Labute approximate surface area is 528 Å². The molecule has 1 aliphatic heterocycles. The molecule has 6 heteroatoms. The Bertz CT molecular complexity index is 5030. The van der Waals surface area contributed by atoms with Crippen LogP contribution in [-0.4, -0.2) is 9.55 Å². The zero-order valence-electron chi connectivity index (χ0n) is 66.7. The molecule has 82 heavy (non-hydrogen) atoms. The molecule has 2 aliphatic rings. The second-order valence-electron chi connectivity index (χ2n) is 25.7. The van der Waals surface area contributed by atoms with Gasteiger partial charge in [0.15, 0.2) is 0 Å². The number of hydrogen-bond donors (Lipinski definition) is 0. The predicted octanol–water partition coefficient (Wildman–Crippen LogP) is 20.8. The first-order valence-electron chi connectivity index (χ1n) is 36.6. The van der Waals surface area contributed by atoms with Gasteiger partial charge in [0, 0.05) is 79.3 Å². The molecule has 5 nitrogen and oxygen atoms in total. The molecule has 0 amide bonds. The van der Waals surface area contributed by atoms with Crippen LogP contribution in [0.1, 0.15) is 161 Å². The molecule has 8 aromatic carbocycles. The standard InChI is InChI=1S/C76H77N4O.Pt/c1-49-39-51(29-32-59(49)53-41-54(73(5,6)7)44-55(42-53)74(8,9)10)60-24-20-25-61(52-30-34-64-65(43-52)76(13,14)37-36-75(64,11)12)71(60)79-48-78(67-27-17-18-28-68(67)79)56-21-19-22-57(45-56)81-58-31-33-63-62-23-15-16-26-66(62)80(69(63)46-58)70-40-50(35-38-77-70)47-72(2,3)4;/h15-35,38-44,48H,36-37,47H2,1-14H3;/q-3;/i1D3,15D,16D,23D,26D,29D,30D,32D,34D,39D,41D,42D,43D,44D,47D2;. The first kappa shape index (κ1) is 38.5. The van der Waals surface area contributed by atoms with E-state index in [0.717, 1.165) is 0 Å². The molecule has 10 aromatic rings. The summed E-state index contributed by atoms with van der Waals surface area (Å²) in [5.74, 6) is 0.515. The van der Waals surface area contributed by atoms with Crippen LogP contribution in [-0.2, 0) is 49.1 Å². The van der Waals surface area contributed by atoms with E-state index in [-0.39, 0.29) is 148 Å². The number of hydrogen-bond acceptors (Lipinski definition) is 4. The quantitative estimate of drug-likeness (QED) is 0.135. The SMILES string of the molecule is [2H]c1c([2H])c(-c2c([2H])c(C(C)(C)C)c([2H])c(C(C)(C)C)c2[2H])c(C([2H])([2H])[2H])c([2H])c1-c1cccc(-c2c([2H])c([2H])c3c(c2[2H])C(C)(C)CCC3(C)C)c1N1[CH-]N(c2[c-]c(Oc3[c-]c4c(cc3)c3c([2H])c([2H])c([2H])c([2H])c3n4-c3cc(C([2H])([2H])C(C)(C)C)ccn3)ccc2)c2ccccc21.[Pt]. The maximum atomic E-state index is 10.3. The Morgan fingerprint density at radius 3 is 1.98 bits per heavy atom. The average Bonchev–Trinajstić information content (AvgIpc) is 0.962. The summed E-state index contributed by atoms with van der Waals surface area (Å²) in [6, 6.07) is 26.0. The second-order valence-corrected chi connectivity index (χ2v) is 25.7. The van der Waals surface area contributed by atoms with Gasteiger partial charge in [0.05, 0.1) is 17.8 Å². The number of anilines is 4. The zero-order valence-corrected chi connectivity index (χ0v) is 50.9. The molecule has 0 saturated carbocycles. The minimum atomic E-state index is -3.21. The molecule has 420 valence electrons. The molecule has 0 spiro atoms. The largest absolute Gasteiger partial charge is 0.509 e. The van der Waals surface area contributed by atoms with E-state index in [1.165, 1.54) is 6.20 Å². The van der Waals surface area contributed by atoms with Crippen molar-refractivity contribution < 1.29 is 50.5 Å². The van der Waals surface area contributed by atoms with Gasteiger partial charge in [0.1, 0.15) is 5.82 Å². The van der Waals surface area contributed by atoms with E-state index in [0.29, 0.717) is 52.0 Å². The number of benzene rings is 8. The Hall–Kier alpha value is -7.20. The summed E-state index contributed by atoms with van der Waals surface area (Å²) < 4.78 is 179. The third kappa shape index (κ3) is 10.6. The van der Waals surface area contributed by atoms with Crippen molar-refractivity contribution in [1.29, 1.82) is 0 Å².